The summed E-state index contributed by atoms with van der Waals surface area (Å²) in [5, 5.41) is 5.64. The molecule has 0 bridgehead atoms. The monoisotopic (exact) mass is 478 g/mol. The van der Waals surface area contributed by atoms with E-state index in [0.717, 1.165) is 16.7 Å². The molecule has 0 unspecified atom stereocenters. The Morgan fingerprint density at radius 2 is 1.11 bits per heavy atom. The second-order valence-corrected chi connectivity index (χ2v) is 8.42. The summed E-state index contributed by atoms with van der Waals surface area (Å²) in [4.78, 5) is 38.2. The lowest BCUT2D eigenvalue weighted by molar-refractivity contribution is -0.116. The van der Waals surface area contributed by atoms with Gasteiger partial charge in [0.05, 0.1) is 18.4 Å². The number of carbonyl (C=O) groups is 3. The predicted molar refractivity (Wildman–Crippen MR) is 140 cm³/mol. The van der Waals surface area contributed by atoms with Crippen molar-refractivity contribution in [2.75, 3.05) is 10.6 Å². The van der Waals surface area contributed by atoms with E-state index in [9.17, 15) is 14.4 Å². The van der Waals surface area contributed by atoms with E-state index >= 15 is 0 Å². The van der Waals surface area contributed by atoms with Gasteiger partial charge in [-0.3, -0.25) is 9.59 Å². The number of ether oxygens (including phenoxy) is 1. The Balaban J connectivity index is 1.54. The standard InChI is InChI=1S/C30H26N2O4/c1-21-12-14-27(15-13-21)36-30(35)24-18-25(31-28(33)16-22-8-4-2-5-9-22)20-26(19-24)32-29(34)17-23-10-6-3-7-11-23/h2-15,18-20H,16-17H2,1H3,(H,31,33)(H,32,34). The van der Waals surface area contributed by atoms with Gasteiger partial charge in [0.25, 0.3) is 0 Å². The number of benzene rings is 4. The first-order valence-corrected chi connectivity index (χ1v) is 11.6. The number of nitrogens with one attached hydrogen (secondary N) is 2. The molecule has 2 amide bonds. The zero-order chi connectivity index (χ0) is 25.3. The zero-order valence-electron chi connectivity index (χ0n) is 19.9. The molecule has 0 heterocycles. The summed E-state index contributed by atoms with van der Waals surface area (Å²) in [5.41, 5.74) is 3.72. The van der Waals surface area contributed by atoms with Gasteiger partial charge in [-0.2, -0.15) is 0 Å². The van der Waals surface area contributed by atoms with Gasteiger partial charge < -0.3 is 15.4 Å². The molecule has 6 nitrogen and oxygen atoms in total. The van der Waals surface area contributed by atoms with E-state index in [1.165, 1.54) is 12.1 Å². The van der Waals surface area contributed by atoms with Crippen LogP contribution in [0.1, 0.15) is 27.0 Å². The Kier molecular flexibility index (Phi) is 7.88. The van der Waals surface area contributed by atoms with Crippen LogP contribution in [0, 0.1) is 6.92 Å². The number of amides is 2. The van der Waals surface area contributed by atoms with Crippen LogP contribution < -0.4 is 15.4 Å². The highest BCUT2D eigenvalue weighted by atomic mass is 16.5. The highest BCUT2D eigenvalue weighted by Gasteiger charge is 2.15. The fourth-order valence-electron chi connectivity index (χ4n) is 3.63. The van der Waals surface area contributed by atoms with Crippen LogP contribution in [0.25, 0.3) is 0 Å². The van der Waals surface area contributed by atoms with Crippen molar-refractivity contribution in [2.45, 2.75) is 19.8 Å². The molecular formula is C30H26N2O4. The molecule has 0 aliphatic rings. The maximum atomic E-state index is 12.9. The predicted octanol–water partition coefficient (Wildman–Crippen LogP) is 5.58. The molecule has 0 radical (unpaired) electrons. The largest absolute Gasteiger partial charge is 0.423 e. The van der Waals surface area contributed by atoms with Crippen molar-refractivity contribution in [1.29, 1.82) is 0 Å². The minimum atomic E-state index is -0.600. The highest BCUT2D eigenvalue weighted by Crippen LogP contribution is 2.22. The quantitative estimate of drug-likeness (QED) is 0.256. The fourth-order valence-corrected chi connectivity index (χ4v) is 3.63. The molecule has 2 N–H and O–H groups in total. The molecule has 36 heavy (non-hydrogen) atoms. The number of hydrogen-bond donors (Lipinski definition) is 2. The molecule has 0 aromatic heterocycles. The molecule has 0 fully saturated rings. The highest BCUT2D eigenvalue weighted by molar-refractivity contribution is 5.99. The van der Waals surface area contributed by atoms with Gasteiger partial charge in [-0.05, 0) is 48.4 Å². The number of esters is 1. The van der Waals surface area contributed by atoms with E-state index < -0.39 is 5.97 Å². The van der Waals surface area contributed by atoms with Gasteiger partial charge in [0.15, 0.2) is 0 Å². The molecule has 0 atom stereocenters. The van der Waals surface area contributed by atoms with Crippen molar-refractivity contribution in [1.82, 2.24) is 0 Å². The van der Waals surface area contributed by atoms with Gasteiger partial charge in [-0.15, -0.1) is 0 Å². The summed E-state index contributed by atoms with van der Waals surface area (Å²) < 4.78 is 5.50. The number of aryl methyl sites for hydroxylation is 1. The van der Waals surface area contributed by atoms with E-state index in [0.29, 0.717) is 17.1 Å². The lowest BCUT2D eigenvalue weighted by Gasteiger charge is -2.12. The van der Waals surface area contributed by atoms with Gasteiger partial charge >= 0.3 is 5.97 Å². The van der Waals surface area contributed by atoms with E-state index in [-0.39, 0.29) is 30.2 Å². The Labute approximate surface area is 209 Å². The third-order valence-corrected chi connectivity index (χ3v) is 5.38. The van der Waals surface area contributed by atoms with Crippen LogP contribution >= 0.6 is 0 Å². The molecule has 0 aliphatic carbocycles. The Morgan fingerprint density at radius 1 is 0.639 bits per heavy atom. The van der Waals surface area contributed by atoms with E-state index in [1.807, 2.05) is 79.7 Å². The first kappa shape index (κ1) is 24.4. The minimum Gasteiger partial charge on any atom is -0.423 e. The summed E-state index contributed by atoms with van der Waals surface area (Å²) in [7, 11) is 0. The van der Waals surface area contributed by atoms with Crippen molar-refractivity contribution in [3.63, 3.8) is 0 Å². The smallest absolute Gasteiger partial charge is 0.343 e. The SMILES string of the molecule is Cc1ccc(OC(=O)c2cc(NC(=O)Cc3ccccc3)cc(NC(=O)Cc3ccccc3)c2)cc1. The van der Waals surface area contributed by atoms with Gasteiger partial charge in [0.2, 0.25) is 11.8 Å². The molecule has 0 saturated heterocycles. The van der Waals surface area contributed by atoms with Crippen molar-refractivity contribution in [2.24, 2.45) is 0 Å². The summed E-state index contributed by atoms with van der Waals surface area (Å²) in [6.07, 6.45) is 0.350. The van der Waals surface area contributed by atoms with Crippen LogP contribution in [0.2, 0.25) is 0 Å². The Morgan fingerprint density at radius 3 is 1.58 bits per heavy atom. The molecular weight excluding hydrogens is 452 g/mol. The molecule has 180 valence electrons. The number of hydrogen-bond acceptors (Lipinski definition) is 4. The maximum absolute atomic E-state index is 12.9. The zero-order valence-corrected chi connectivity index (χ0v) is 19.9. The molecule has 4 aromatic carbocycles. The van der Waals surface area contributed by atoms with Crippen LogP contribution in [-0.4, -0.2) is 17.8 Å². The van der Waals surface area contributed by atoms with Crippen molar-refractivity contribution < 1.29 is 19.1 Å². The van der Waals surface area contributed by atoms with Crippen LogP contribution in [-0.2, 0) is 22.4 Å². The lowest BCUT2D eigenvalue weighted by Crippen LogP contribution is -2.18. The van der Waals surface area contributed by atoms with Gasteiger partial charge in [0.1, 0.15) is 5.75 Å². The molecule has 4 aromatic rings. The van der Waals surface area contributed by atoms with E-state index in [2.05, 4.69) is 10.6 Å². The number of rotatable bonds is 8. The third-order valence-electron chi connectivity index (χ3n) is 5.38. The van der Waals surface area contributed by atoms with Crippen LogP contribution in [0.3, 0.4) is 0 Å². The van der Waals surface area contributed by atoms with Crippen LogP contribution in [0.5, 0.6) is 5.75 Å². The Hall–Kier alpha value is -4.71. The topological polar surface area (TPSA) is 84.5 Å². The first-order chi connectivity index (χ1) is 17.4. The van der Waals surface area contributed by atoms with Gasteiger partial charge in [0, 0.05) is 11.4 Å². The minimum absolute atomic E-state index is 0.175. The van der Waals surface area contributed by atoms with Crippen molar-refractivity contribution in [3.05, 3.63) is 125 Å². The summed E-state index contributed by atoms with van der Waals surface area (Å²) in [5.74, 6) is -0.686. The number of carbonyl (C=O) groups excluding carboxylic acids is 3. The summed E-state index contributed by atoms with van der Waals surface area (Å²) in [6.45, 7) is 1.94. The van der Waals surface area contributed by atoms with E-state index in [4.69, 9.17) is 4.74 Å². The van der Waals surface area contributed by atoms with Crippen molar-refractivity contribution in [3.8, 4) is 5.75 Å². The average molecular weight is 479 g/mol. The fraction of sp³-hybridized carbons (Fsp3) is 0.100. The molecule has 0 spiro atoms. The van der Waals surface area contributed by atoms with Crippen LogP contribution in [0.15, 0.2) is 103 Å². The second kappa shape index (κ2) is 11.6. The average Bonchev–Trinajstić information content (AvgIpc) is 2.86. The Bertz CT molecular complexity index is 1280. The lowest BCUT2D eigenvalue weighted by atomic mass is 10.1. The molecule has 6 heteroatoms. The molecule has 0 saturated carbocycles. The summed E-state index contributed by atoms with van der Waals surface area (Å²) in [6, 6.07) is 30.5. The second-order valence-electron chi connectivity index (χ2n) is 8.42. The van der Waals surface area contributed by atoms with Crippen LogP contribution in [0.4, 0.5) is 11.4 Å². The molecule has 0 aliphatic heterocycles. The summed E-state index contributed by atoms with van der Waals surface area (Å²) >= 11 is 0. The molecule has 4 rings (SSSR count). The maximum Gasteiger partial charge on any atom is 0.343 e. The normalized spacial score (nSPS) is 10.4. The van der Waals surface area contributed by atoms with Gasteiger partial charge in [-0.1, -0.05) is 78.4 Å². The van der Waals surface area contributed by atoms with E-state index in [1.54, 1.807) is 18.2 Å². The van der Waals surface area contributed by atoms with Gasteiger partial charge in [-0.25, -0.2) is 4.79 Å². The van der Waals surface area contributed by atoms with Crippen molar-refractivity contribution >= 4 is 29.2 Å². The first-order valence-electron chi connectivity index (χ1n) is 11.6. The number of anilines is 2. The third kappa shape index (κ3) is 7.14.